The van der Waals surface area contributed by atoms with Gasteiger partial charge in [0.1, 0.15) is 5.01 Å². The van der Waals surface area contributed by atoms with Crippen LogP contribution >= 0.6 is 11.3 Å². The van der Waals surface area contributed by atoms with E-state index in [1.165, 1.54) is 0 Å². The summed E-state index contributed by atoms with van der Waals surface area (Å²) in [5.41, 5.74) is 2.04. The van der Waals surface area contributed by atoms with Crippen molar-refractivity contribution in [3.8, 4) is 17.1 Å². The van der Waals surface area contributed by atoms with Crippen molar-refractivity contribution in [1.82, 2.24) is 20.3 Å². The second-order valence-corrected chi connectivity index (χ2v) is 7.81. The minimum absolute atomic E-state index is 0.00501. The Bertz CT molecular complexity index is 954. The van der Waals surface area contributed by atoms with Crippen LogP contribution < -0.4 is 15.0 Å². The van der Waals surface area contributed by atoms with Gasteiger partial charge in [0.15, 0.2) is 0 Å². The average Bonchev–Trinajstić information content (AvgIpc) is 3.27. The van der Waals surface area contributed by atoms with Crippen LogP contribution in [-0.4, -0.2) is 41.1 Å². The standard InChI is InChI=1S/C21H23N5O2S/c1-28-18-7-10-22-21(25-18)26-11-8-16(9-12-26)20(27)23-13-19-24-17(14-29-19)15-5-3-2-4-6-15/h2-7,10,14,16H,8-9,11-13H2,1H3,(H,23,27). The third kappa shape index (κ3) is 4.71. The number of amides is 1. The molecule has 1 fully saturated rings. The summed E-state index contributed by atoms with van der Waals surface area (Å²) in [7, 11) is 1.59. The van der Waals surface area contributed by atoms with Gasteiger partial charge in [-0.1, -0.05) is 30.3 Å². The van der Waals surface area contributed by atoms with Crippen molar-refractivity contribution >= 4 is 23.2 Å². The first kappa shape index (κ1) is 19.3. The molecule has 1 aromatic carbocycles. The van der Waals surface area contributed by atoms with Crippen LogP contribution in [0.15, 0.2) is 48.0 Å². The van der Waals surface area contributed by atoms with E-state index in [0.29, 0.717) is 18.4 Å². The SMILES string of the molecule is COc1ccnc(N2CCC(C(=O)NCc3nc(-c4ccccc4)cs3)CC2)n1. The van der Waals surface area contributed by atoms with E-state index < -0.39 is 0 Å². The van der Waals surface area contributed by atoms with Gasteiger partial charge < -0.3 is 15.0 Å². The van der Waals surface area contributed by atoms with Crippen molar-refractivity contribution in [3.63, 3.8) is 0 Å². The Morgan fingerprint density at radius 1 is 1.21 bits per heavy atom. The molecule has 1 N–H and O–H groups in total. The first-order valence-corrected chi connectivity index (χ1v) is 10.5. The van der Waals surface area contributed by atoms with E-state index >= 15 is 0 Å². The molecule has 0 aliphatic carbocycles. The quantitative estimate of drug-likeness (QED) is 0.674. The van der Waals surface area contributed by atoms with Crippen LogP contribution in [0.3, 0.4) is 0 Å². The lowest BCUT2D eigenvalue weighted by Gasteiger charge is -2.31. The molecule has 1 saturated heterocycles. The number of piperidine rings is 1. The lowest BCUT2D eigenvalue weighted by atomic mass is 9.96. The Labute approximate surface area is 173 Å². The molecule has 0 unspecified atom stereocenters. The van der Waals surface area contributed by atoms with Crippen molar-refractivity contribution in [2.75, 3.05) is 25.1 Å². The second-order valence-electron chi connectivity index (χ2n) is 6.87. The first-order valence-electron chi connectivity index (χ1n) is 9.62. The summed E-state index contributed by atoms with van der Waals surface area (Å²) in [6.45, 7) is 1.97. The topological polar surface area (TPSA) is 80.2 Å². The third-order valence-electron chi connectivity index (χ3n) is 5.01. The van der Waals surface area contributed by atoms with Crippen LogP contribution in [0.4, 0.5) is 5.95 Å². The maximum Gasteiger partial charge on any atom is 0.228 e. The van der Waals surface area contributed by atoms with Crippen molar-refractivity contribution in [2.45, 2.75) is 19.4 Å². The van der Waals surface area contributed by atoms with Crippen LogP contribution in [0.5, 0.6) is 5.88 Å². The van der Waals surface area contributed by atoms with Gasteiger partial charge in [-0.25, -0.2) is 9.97 Å². The number of aromatic nitrogens is 3. The molecule has 1 aliphatic rings. The maximum absolute atomic E-state index is 12.6. The number of ether oxygens (including phenoxy) is 1. The number of benzene rings is 1. The van der Waals surface area contributed by atoms with Gasteiger partial charge in [0.05, 0.1) is 19.3 Å². The van der Waals surface area contributed by atoms with E-state index in [-0.39, 0.29) is 11.8 Å². The Morgan fingerprint density at radius 3 is 2.76 bits per heavy atom. The molecular formula is C21H23N5O2S. The molecule has 150 valence electrons. The van der Waals surface area contributed by atoms with Gasteiger partial charge >= 0.3 is 0 Å². The molecule has 0 bridgehead atoms. The number of hydrogen-bond acceptors (Lipinski definition) is 7. The number of carbonyl (C=O) groups is 1. The highest BCUT2D eigenvalue weighted by molar-refractivity contribution is 7.09. The fraction of sp³-hybridized carbons (Fsp3) is 0.333. The van der Waals surface area contributed by atoms with Gasteiger partial charge in [-0.15, -0.1) is 11.3 Å². The summed E-state index contributed by atoms with van der Waals surface area (Å²) in [6.07, 6.45) is 3.25. The molecule has 4 rings (SSSR count). The van der Waals surface area contributed by atoms with Crippen molar-refractivity contribution in [2.24, 2.45) is 5.92 Å². The molecule has 8 heteroatoms. The minimum atomic E-state index is 0.00501. The number of anilines is 1. The Morgan fingerprint density at radius 2 is 2.00 bits per heavy atom. The van der Waals surface area contributed by atoms with E-state index in [9.17, 15) is 4.79 Å². The van der Waals surface area contributed by atoms with E-state index in [1.807, 2.05) is 35.7 Å². The summed E-state index contributed by atoms with van der Waals surface area (Å²) in [6, 6.07) is 11.8. The molecule has 1 amide bonds. The highest BCUT2D eigenvalue weighted by Crippen LogP contribution is 2.23. The molecule has 3 heterocycles. The summed E-state index contributed by atoms with van der Waals surface area (Å²) >= 11 is 1.57. The highest BCUT2D eigenvalue weighted by Gasteiger charge is 2.26. The van der Waals surface area contributed by atoms with Gasteiger partial charge in [-0.2, -0.15) is 4.98 Å². The van der Waals surface area contributed by atoms with Gasteiger partial charge in [0.2, 0.25) is 17.7 Å². The fourth-order valence-corrected chi connectivity index (χ4v) is 4.12. The average molecular weight is 410 g/mol. The van der Waals surface area contributed by atoms with Gasteiger partial charge in [0.25, 0.3) is 0 Å². The van der Waals surface area contributed by atoms with Gasteiger partial charge in [-0.3, -0.25) is 4.79 Å². The zero-order valence-electron chi connectivity index (χ0n) is 16.2. The summed E-state index contributed by atoms with van der Waals surface area (Å²) in [4.78, 5) is 28.0. The molecule has 0 saturated carbocycles. The maximum atomic E-state index is 12.6. The Kier molecular flexibility index (Phi) is 6.00. The smallest absolute Gasteiger partial charge is 0.228 e. The largest absolute Gasteiger partial charge is 0.481 e. The second kappa shape index (κ2) is 9.00. The number of rotatable bonds is 6. The molecular weight excluding hydrogens is 386 g/mol. The number of hydrogen-bond donors (Lipinski definition) is 1. The predicted molar refractivity (Wildman–Crippen MR) is 113 cm³/mol. The summed E-state index contributed by atoms with van der Waals surface area (Å²) in [5, 5.41) is 5.99. The fourth-order valence-electron chi connectivity index (χ4n) is 3.38. The van der Waals surface area contributed by atoms with Crippen molar-refractivity contribution < 1.29 is 9.53 Å². The van der Waals surface area contributed by atoms with Crippen LogP contribution in [-0.2, 0) is 11.3 Å². The van der Waals surface area contributed by atoms with Crippen LogP contribution in [0.1, 0.15) is 17.8 Å². The Hall–Kier alpha value is -3.00. The van der Waals surface area contributed by atoms with Crippen LogP contribution in [0.2, 0.25) is 0 Å². The third-order valence-corrected chi connectivity index (χ3v) is 5.86. The van der Waals surface area contributed by atoms with E-state index in [2.05, 4.69) is 25.2 Å². The zero-order valence-corrected chi connectivity index (χ0v) is 17.1. The summed E-state index contributed by atoms with van der Waals surface area (Å²) in [5.74, 6) is 1.30. The summed E-state index contributed by atoms with van der Waals surface area (Å²) < 4.78 is 5.16. The molecule has 0 radical (unpaired) electrons. The van der Waals surface area contributed by atoms with Crippen molar-refractivity contribution in [1.29, 1.82) is 0 Å². The number of thiazole rings is 1. The molecule has 29 heavy (non-hydrogen) atoms. The minimum Gasteiger partial charge on any atom is -0.481 e. The molecule has 7 nitrogen and oxygen atoms in total. The number of nitrogens with one attached hydrogen (secondary N) is 1. The zero-order chi connectivity index (χ0) is 20.1. The van der Waals surface area contributed by atoms with E-state index in [4.69, 9.17) is 4.74 Å². The molecule has 0 atom stereocenters. The predicted octanol–water partition coefficient (Wildman–Crippen LogP) is 3.14. The molecule has 3 aromatic rings. The lowest BCUT2D eigenvalue weighted by Crippen LogP contribution is -2.41. The van der Waals surface area contributed by atoms with Crippen molar-refractivity contribution in [3.05, 3.63) is 53.0 Å². The van der Waals surface area contributed by atoms with E-state index in [0.717, 1.165) is 42.2 Å². The van der Waals surface area contributed by atoms with E-state index in [1.54, 1.807) is 30.7 Å². The normalized spacial score (nSPS) is 14.6. The van der Waals surface area contributed by atoms with Crippen LogP contribution in [0.25, 0.3) is 11.3 Å². The highest BCUT2D eigenvalue weighted by atomic mass is 32.1. The molecule has 0 spiro atoms. The number of nitrogens with zero attached hydrogens (tertiary/aromatic N) is 4. The lowest BCUT2D eigenvalue weighted by molar-refractivity contribution is -0.125. The number of methoxy groups -OCH3 is 1. The first-order chi connectivity index (χ1) is 14.2. The Balaban J connectivity index is 1.27. The molecule has 1 aliphatic heterocycles. The molecule has 2 aromatic heterocycles. The monoisotopic (exact) mass is 409 g/mol. The van der Waals surface area contributed by atoms with Gasteiger partial charge in [-0.05, 0) is 12.8 Å². The number of carbonyl (C=O) groups excluding carboxylic acids is 1. The van der Waals surface area contributed by atoms with Gasteiger partial charge in [0, 0.05) is 42.2 Å². The van der Waals surface area contributed by atoms with Crippen LogP contribution in [0, 0.1) is 5.92 Å².